The SMILES string of the molecule is CCCCCNc1cc(Cl)c(C)cc1Br. The van der Waals surface area contributed by atoms with Gasteiger partial charge < -0.3 is 5.32 Å². The van der Waals surface area contributed by atoms with Crippen LogP contribution in [0.3, 0.4) is 0 Å². The van der Waals surface area contributed by atoms with E-state index in [1.807, 2.05) is 19.1 Å². The highest BCUT2D eigenvalue weighted by molar-refractivity contribution is 9.10. The predicted octanol–water partition coefficient (Wildman–Crippen LogP) is 5.01. The van der Waals surface area contributed by atoms with E-state index in [0.29, 0.717) is 0 Å². The first-order valence-electron chi connectivity index (χ1n) is 5.34. The number of nitrogens with one attached hydrogen (secondary N) is 1. The van der Waals surface area contributed by atoms with Crippen molar-refractivity contribution in [2.24, 2.45) is 0 Å². The summed E-state index contributed by atoms with van der Waals surface area (Å²) in [5.41, 5.74) is 2.18. The van der Waals surface area contributed by atoms with Crippen LogP contribution >= 0.6 is 27.5 Å². The van der Waals surface area contributed by atoms with Crippen molar-refractivity contribution in [3.05, 3.63) is 27.2 Å². The lowest BCUT2D eigenvalue weighted by Crippen LogP contribution is -2.02. The van der Waals surface area contributed by atoms with Gasteiger partial charge in [-0.15, -0.1) is 0 Å². The standard InChI is InChI=1S/C12H17BrClN/c1-3-4-5-6-15-12-8-11(14)9(2)7-10(12)13/h7-8,15H,3-6H2,1-2H3. The molecule has 0 unspecified atom stereocenters. The monoisotopic (exact) mass is 289 g/mol. The summed E-state index contributed by atoms with van der Waals surface area (Å²) in [5.74, 6) is 0. The molecule has 0 fully saturated rings. The van der Waals surface area contributed by atoms with Crippen molar-refractivity contribution in [2.75, 3.05) is 11.9 Å². The van der Waals surface area contributed by atoms with Crippen molar-refractivity contribution in [3.8, 4) is 0 Å². The number of benzene rings is 1. The molecule has 1 aromatic rings. The minimum absolute atomic E-state index is 0.816. The molecule has 1 N–H and O–H groups in total. The number of unbranched alkanes of at least 4 members (excludes halogenated alkanes) is 2. The van der Waals surface area contributed by atoms with Gasteiger partial charge in [-0.2, -0.15) is 0 Å². The summed E-state index contributed by atoms with van der Waals surface area (Å²) in [5, 5.41) is 4.20. The maximum atomic E-state index is 6.07. The Morgan fingerprint density at radius 1 is 1.33 bits per heavy atom. The van der Waals surface area contributed by atoms with Crippen LogP contribution in [0.5, 0.6) is 0 Å². The first-order valence-corrected chi connectivity index (χ1v) is 6.51. The summed E-state index contributed by atoms with van der Waals surface area (Å²) in [6, 6.07) is 4.03. The van der Waals surface area contributed by atoms with Crippen LogP contribution in [-0.4, -0.2) is 6.54 Å². The van der Waals surface area contributed by atoms with Crippen LogP contribution in [-0.2, 0) is 0 Å². The van der Waals surface area contributed by atoms with Gasteiger partial charge in [0.05, 0.1) is 0 Å². The highest BCUT2D eigenvalue weighted by Crippen LogP contribution is 2.29. The zero-order chi connectivity index (χ0) is 11.3. The molecule has 0 bridgehead atoms. The summed E-state index contributed by atoms with van der Waals surface area (Å²) in [4.78, 5) is 0. The molecule has 1 nitrogen and oxygen atoms in total. The maximum Gasteiger partial charge on any atom is 0.0499 e. The van der Waals surface area contributed by atoms with Crippen LogP contribution in [0.1, 0.15) is 31.7 Å². The number of halogens is 2. The summed E-state index contributed by atoms with van der Waals surface area (Å²) < 4.78 is 1.08. The number of rotatable bonds is 5. The molecule has 0 spiro atoms. The van der Waals surface area contributed by atoms with Gasteiger partial charge in [-0.1, -0.05) is 31.4 Å². The summed E-state index contributed by atoms with van der Waals surface area (Å²) in [6.07, 6.45) is 3.72. The minimum Gasteiger partial charge on any atom is -0.384 e. The lowest BCUT2D eigenvalue weighted by molar-refractivity contribution is 0.743. The number of aryl methyl sites for hydroxylation is 1. The molecular weight excluding hydrogens is 273 g/mol. The fraction of sp³-hybridized carbons (Fsp3) is 0.500. The molecule has 0 saturated heterocycles. The van der Waals surface area contributed by atoms with E-state index in [-0.39, 0.29) is 0 Å². The van der Waals surface area contributed by atoms with Crippen molar-refractivity contribution in [2.45, 2.75) is 33.1 Å². The van der Waals surface area contributed by atoms with Crippen molar-refractivity contribution in [1.82, 2.24) is 0 Å². The lowest BCUT2D eigenvalue weighted by Gasteiger charge is -2.10. The fourth-order valence-corrected chi connectivity index (χ4v) is 2.14. The van der Waals surface area contributed by atoms with Gasteiger partial charge in [0, 0.05) is 21.7 Å². The van der Waals surface area contributed by atoms with Crippen molar-refractivity contribution < 1.29 is 0 Å². The molecule has 1 rings (SSSR count). The van der Waals surface area contributed by atoms with Gasteiger partial charge >= 0.3 is 0 Å². The second-order valence-corrected chi connectivity index (χ2v) is 4.98. The fourth-order valence-electron chi connectivity index (χ4n) is 1.38. The van der Waals surface area contributed by atoms with Gasteiger partial charge in [-0.05, 0) is 47.0 Å². The van der Waals surface area contributed by atoms with E-state index in [4.69, 9.17) is 11.6 Å². The summed E-state index contributed by atoms with van der Waals surface area (Å²) >= 11 is 9.59. The Morgan fingerprint density at radius 3 is 2.73 bits per heavy atom. The first kappa shape index (κ1) is 12.9. The van der Waals surface area contributed by atoms with E-state index in [2.05, 4.69) is 28.2 Å². The van der Waals surface area contributed by atoms with E-state index in [9.17, 15) is 0 Å². The molecular formula is C12H17BrClN. The molecule has 0 amide bonds. The zero-order valence-electron chi connectivity index (χ0n) is 9.24. The van der Waals surface area contributed by atoms with Crippen LogP contribution in [0.15, 0.2) is 16.6 Å². The van der Waals surface area contributed by atoms with Gasteiger partial charge in [0.25, 0.3) is 0 Å². The largest absolute Gasteiger partial charge is 0.384 e. The molecule has 3 heteroatoms. The number of anilines is 1. The van der Waals surface area contributed by atoms with Gasteiger partial charge in [0.15, 0.2) is 0 Å². The average molecular weight is 291 g/mol. The molecule has 0 heterocycles. The van der Waals surface area contributed by atoms with Crippen LogP contribution in [0.25, 0.3) is 0 Å². The highest BCUT2D eigenvalue weighted by Gasteiger charge is 2.03. The van der Waals surface area contributed by atoms with E-state index in [0.717, 1.165) is 27.3 Å². The third-order valence-corrected chi connectivity index (χ3v) is 3.41. The summed E-state index contributed by atoms with van der Waals surface area (Å²) in [6.45, 7) is 5.22. The Kier molecular flexibility index (Phi) is 5.48. The van der Waals surface area contributed by atoms with E-state index in [1.165, 1.54) is 19.3 Å². The minimum atomic E-state index is 0.816. The van der Waals surface area contributed by atoms with E-state index in [1.54, 1.807) is 0 Å². The third kappa shape index (κ3) is 4.04. The Labute approximate surface area is 105 Å². The average Bonchev–Trinajstić information content (AvgIpc) is 2.20. The smallest absolute Gasteiger partial charge is 0.0499 e. The van der Waals surface area contributed by atoms with Crippen molar-refractivity contribution >= 4 is 33.2 Å². The van der Waals surface area contributed by atoms with Gasteiger partial charge in [0.1, 0.15) is 0 Å². The van der Waals surface area contributed by atoms with Gasteiger partial charge in [0.2, 0.25) is 0 Å². The quantitative estimate of drug-likeness (QED) is 0.751. The molecule has 1 aromatic carbocycles. The van der Waals surface area contributed by atoms with Crippen LogP contribution in [0.2, 0.25) is 5.02 Å². The molecule has 0 aliphatic carbocycles. The second kappa shape index (κ2) is 6.39. The topological polar surface area (TPSA) is 12.0 Å². The van der Waals surface area contributed by atoms with Crippen LogP contribution in [0, 0.1) is 6.92 Å². The van der Waals surface area contributed by atoms with Gasteiger partial charge in [-0.25, -0.2) is 0 Å². The maximum absolute atomic E-state index is 6.07. The number of hydrogen-bond donors (Lipinski definition) is 1. The molecule has 0 saturated carbocycles. The van der Waals surface area contributed by atoms with Crippen LogP contribution in [0.4, 0.5) is 5.69 Å². The Balaban J connectivity index is 2.57. The van der Waals surface area contributed by atoms with E-state index < -0.39 is 0 Å². The normalized spacial score (nSPS) is 10.4. The predicted molar refractivity (Wildman–Crippen MR) is 71.9 cm³/mol. The van der Waals surface area contributed by atoms with Crippen molar-refractivity contribution in [3.63, 3.8) is 0 Å². The Bertz CT molecular complexity index is 326. The van der Waals surface area contributed by atoms with Crippen molar-refractivity contribution in [1.29, 1.82) is 0 Å². The Hall–Kier alpha value is -0.210. The van der Waals surface area contributed by atoms with E-state index >= 15 is 0 Å². The molecule has 0 aromatic heterocycles. The molecule has 15 heavy (non-hydrogen) atoms. The lowest BCUT2D eigenvalue weighted by atomic mass is 10.2. The Morgan fingerprint density at radius 2 is 2.07 bits per heavy atom. The molecule has 0 aliphatic heterocycles. The van der Waals surface area contributed by atoms with Gasteiger partial charge in [-0.3, -0.25) is 0 Å². The second-order valence-electron chi connectivity index (χ2n) is 3.72. The molecule has 0 atom stereocenters. The first-order chi connectivity index (χ1) is 7.15. The summed E-state index contributed by atoms with van der Waals surface area (Å²) in [7, 11) is 0. The molecule has 84 valence electrons. The third-order valence-electron chi connectivity index (χ3n) is 2.34. The molecule has 0 aliphatic rings. The zero-order valence-corrected chi connectivity index (χ0v) is 11.6. The van der Waals surface area contributed by atoms with Crippen LogP contribution < -0.4 is 5.32 Å². The number of hydrogen-bond acceptors (Lipinski definition) is 1. The molecule has 0 radical (unpaired) electrons. The highest BCUT2D eigenvalue weighted by atomic mass is 79.9.